The Morgan fingerprint density at radius 3 is 2.33 bits per heavy atom. The second-order valence-electron chi connectivity index (χ2n) is 4.40. The highest BCUT2D eigenvalue weighted by molar-refractivity contribution is 5.36. The van der Waals surface area contributed by atoms with Crippen LogP contribution in [-0.4, -0.2) is 30.8 Å². The third-order valence-corrected chi connectivity index (χ3v) is 3.38. The summed E-state index contributed by atoms with van der Waals surface area (Å²) in [5.41, 5.74) is -0.852. The minimum Gasteiger partial charge on any atom is -0.381 e. The zero-order valence-corrected chi connectivity index (χ0v) is 8.34. The van der Waals surface area contributed by atoms with E-state index in [1.54, 1.807) is 0 Å². The number of halogens is 2. The van der Waals surface area contributed by atoms with Crippen molar-refractivity contribution in [2.75, 3.05) is 13.2 Å². The number of hydrogen-bond donors (Lipinski definition) is 0. The summed E-state index contributed by atoms with van der Waals surface area (Å²) in [5.74, 6) is -2.61. The summed E-state index contributed by atoms with van der Waals surface area (Å²) >= 11 is 0. The fourth-order valence-electron chi connectivity index (χ4n) is 2.63. The zero-order chi connectivity index (χ0) is 10.9. The lowest BCUT2D eigenvalue weighted by Crippen LogP contribution is -2.56. The van der Waals surface area contributed by atoms with Crippen LogP contribution in [0, 0.1) is 5.92 Å². The number of rotatable bonds is 2. The van der Waals surface area contributed by atoms with Gasteiger partial charge in [0.15, 0.2) is 0 Å². The second-order valence-corrected chi connectivity index (χ2v) is 4.40. The molecule has 0 atom stereocenters. The van der Waals surface area contributed by atoms with E-state index >= 15 is 0 Å². The van der Waals surface area contributed by atoms with Crippen molar-refractivity contribution in [1.29, 1.82) is 0 Å². The van der Waals surface area contributed by atoms with Gasteiger partial charge in [0.25, 0.3) is 5.92 Å². The molecule has 0 radical (unpaired) electrons. The fourth-order valence-corrected chi connectivity index (χ4v) is 2.63. The van der Waals surface area contributed by atoms with Gasteiger partial charge in [0, 0.05) is 26.1 Å². The van der Waals surface area contributed by atoms with Crippen molar-refractivity contribution in [3.8, 4) is 0 Å². The van der Waals surface area contributed by atoms with E-state index in [4.69, 9.17) is 4.74 Å². The first-order valence-electron chi connectivity index (χ1n) is 5.13. The van der Waals surface area contributed by atoms with Gasteiger partial charge in [-0.25, -0.2) is 13.6 Å². The predicted molar refractivity (Wildman–Crippen MR) is 48.6 cm³/mol. The van der Waals surface area contributed by atoms with Crippen LogP contribution in [-0.2, 0) is 9.53 Å². The Morgan fingerprint density at radius 1 is 1.27 bits per heavy atom. The first-order valence-corrected chi connectivity index (χ1v) is 5.13. The first kappa shape index (κ1) is 10.7. The lowest BCUT2D eigenvalue weighted by Gasteiger charge is -2.49. The van der Waals surface area contributed by atoms with E-state index in [0.717, 1.165) is 0 Å². The SMILES string of the molecule is O=C=NC1(C2CCOCC2)CC(F)(F)C1. The molecule has 2 aliphatic rings. The van der Waals surface area contributed by atoms with Gasteiger partial charge in [-0.2, -0.15) is 4.99 Å². The molecule has 0 aromatic heterocycles. The minimum atomic E-state index is -2.65. The van der Waals surface area contributed by atoms with E-state index in [0.29, 0.717) is 26.1 Å². The third kappa shape index (κ3) is 1.94. The molecule has 0 aromatic rings. The van der Waals surface area contributed by atoms with Crippen molar-refractivity contribution in [1.82, 2.24) is 0 Å². The van der Waals surface area contributed by atoms with Crippen molar-refractivity contribution in [2.24, 2.45) is 10.9 Å². The normalized spacial score (nSPS) is 28.9. The average Bonchev–Trinajstić information content (AvgIpc) is 2.16. The molecule has 1 saturated heterocycles. The molecule has 1 aliphatic carbocycles. The predicted octanol–water partition coefficient (Wildman–Crippen LogP) is 1.92. The van der Waals surface area contributed by atoms with Crippen LogP contribution in [0.5, 0.6) is 0 Å². The Labute approximate surface area is 86.5 Å². The van der Waals surface area contributed by atoms with Gasteiger partial charge in [0.1, 0.15) is 0 Å². The topological polar surface area (TPSA) is 38.7 Å². The van der Waals surface area contributed by atoms with E-state index < -0.39 is 11.5 Å². The van der Waals surface area contributed by atoms with Crippen molar-refractivity contribution in [3.05, 3.63) is 0 Å². The lowest BCUT2D eigenvalue weighted by atomic mass is 9.64. The van der Waals surface area contributed by atoms with E-state index in [9.17, 15) is 13.6 Å². The first-order chi connectivity index (χ1) is 7.08. The maximum absolute atomic E-state index is 12.9. The van der Waals surface area contributed by atoms with Crippen molar-refractivity contribution in [3.63, 3.8) is 0 Å². The Kier molecular flexibility index (Phi) is 2.61. The van der Waals surface area contributed by atoms with E-state index in [-0.39, 0.29) is 18.8 Å². The number of ether oxygens (including phenoxy) is 1. The molecule has 2 rings (SSSR count). The average molecular weight is 217 g/mol. The Bertz CT molecular complexity index is 286. The summed E-state index contributed by atoms with van der Waals surface area (Å²) in [6.07, 6.45) is 2.25. The smallest absolute Gasteiger partial charge is 0.252 e. The molecule has 2 fully saturated rings. The maximum atomic E-state index is 12.9. The molecule has 1 aliphatic heterocycles. The summed E-state index contributed by atoms with van der Waals surface area (Å²) < 4.78 is 30.9. The van der Waals surface area contributed by atoms with Crippen LogP contribution in [0.4, 0.5) is 8.78 Å². The number of hydrogen-bond acceptors (Lipinski definition) is 3. The van der Waals surface area contributed by atoms with E-state index in [1.807, 2.05) is 0 Å². The molecule has 0 bridgehead atoms. The van der Waals surface area contributed by atoms with Gasteiger partial charge in [-0.15, -0.1) is 0 Å². The summed E-state index contributed by atoms with van der Waals surface area (Å²) in [6.45, 7) is 1.15. The minimum absolute atomic E-state index is 0.0484. The van der Waals surface area contributed by atoms with Crippen LogP contribution in [0.2, 0.25) is 0 Å². The Hall–Kier alpha value is -0.800. The molecular weight excluding hydrogens is 204 g/mol. The van der Waals surface area contributed by atoms with E-state index in [2.05, 4.69) is 4.99 Å². The summed E-state index contributed by atoms with van der Waals surface area (Å²) in [6, 6.07) is 0. The molecule has 0 aromatic carbocycles. The molecule has 0 unspecified atom stereocenters. The number of isocyanates is 1. The highest BCUT2D eigenvalue weighted by atomic mass is 19.3. The molecule has 0 amide bonds. The lowest BCUT2D eigenvalue weighted by molar-refractivity contribution is -0.148. The van der Waals surface area contributed by atoms with Gasteiger partial charge in [-0.05, 0) is 18.8 Å². The number of carbonyl (C=O) groups excluding carboxylic acids is 1. The molecule has 84 valence electrons. The van der Waals surface area contributed by atoms with Gasteiger partial charge in [-0.1, -0.05) is 0 Å². The summed E-state index contributed by atoms with van der Waals surface area (Å²) in [7, 11) is 0. The van der Waals surface area contributed by atoms with Gasteiger partial charge in [0.05, 0.1) is 5.54 Å². The van der Waals surface area contributed by atoms with Crippen molar-refractivity contribution >= 4 is 6.08 Å². The zero-order valence-electron chi connectivity index (χ0n) is 8.34. The Balaban J connectivity index is 2.10. The summed E-state index contributed by atoms with van der Waals surface area (Å²) in [5, 5.41) is 0. The van der Waals surface area contributed by atoms with Gasteiger partial charge >= 0.3 is 0 Å². The number of alkyl halides is 2. The largest absolute Gasteiger partial charge is 0.381 e. The number of aliphatic imine (C=N–C) groups is 1. The monoisotopic (exact) mass is 217 g/mol. The molecule has 1 heterocycles. The maximum Gasteiger partial charge on any atom is 0.252 e. The quantitative estimate of drug-likeness (QED) is 0.523. The van der Waals surface area contributed by atoms with Gasteiger partial charge in [0.2, 0.25) is 6.08 Å². The van der Waals surface area contributed by atoms with Crippen LogP contribution in [0.3, 0.4) is 0 Å². The highest BCUT2D eigenvalue weighted by Crippen LogP contribution is 2.53. The standard InChI is InChI=1S/C10H13F2NO2/c11-10(12)5-9(6-10,13-7-14)8-1-3-15-4-2-8/h8H,1-6H2. The van der Waals surface area contributed by atoms with Crippen LogP contribution in [0.1, 0.15) is 25.7 Å². The van der Waals surface area contributed by atoms with Crippen LogP contribution < -0.4 is 0 Å². The molecule has 1 saturated carbocycles. The molecule has 0 N–H and O–H groups in total. The van der Waals surface area contributed by atoms with Crippen molar-refractivity contribution in [2.45, 2.75) is 37.1 Å². The van der Waals surface area contributed by atoms with Gasteiger partial charge < -0.3 is 4.74 Å². The molecule has 3 nitrogen and oxygen atoms in total. The van der Waals surface area contributed by atoms with Crippen molar-refractivity contribution < 1.29 is 18.3 Å². The fraction of sp³-hybridized carbons (Fsp3) is 0.900. The van der Waals surface area contributed by atoms with E-state index in [1.165, 1.54) is 6.08 Å². The highest BCUT2D eigenvalue weighted by Gasteiger charge is 2.60. The number of nitrogens with zero attached hydrogens (tertiary/aromatic N) is 1. The molecule has 15 heavy (non-hydrogen) atoms. The molecule has 5 heteroatoms. The van der Waals surface area contributed by atoms with Gasteiger partial charge in [-0.3, -0.25) is 0 Å². The summed E-state index contributed by atoms with van der Waals surface area (Å²) in [4.78, 5) is 13.9. The van der Waals surface area contributed by atoms with Crippen LogP contribution >= 0.6 is 0 Å². The molecule has 0 spiro atoms. The third-order valence-electron chi connectivity index (χ3n) is 3.38. The Morgan fingerprint density at radius 2 is 1.87 bits per heavy atom. The molecular formula is C10H13F2NO2. The van der Waals surface area contributed by atoms with Crippen LogP contribution in [0.25, 0.3) is 0 Å². The second kappa shape index (κ2) is 3.65. The van der Waals surface area contributed by atoms with Crippen LogP contribution in [0.15, 0.2) is 4.99 Å².